The number of nitrogens with one attached hydrogen (secondary N) is 1. The van der Waals surface area contributed by atoms with Crippen LogP contribution in [-0.2, 0) is 11.3 Å². The van der Waals surface area contributed by atoms with E-state index in [1.807, 2.05) is 0 Å². The van der Waals surface area contributed by atoms with Gasteiger partial charge in [0, 0.05) is 0 Å². The molecule has 0 radical (unpaired) electrons. The average Bonchev–Trinajstić information content (AvgIpc) is 3.14. The van der Waals surface area contributed by atoms with Gasteiger partial charge >= 0.3 is 5.97 Å². The zero-order chi connectivity index (χ0) is 17.5. The minimum absolute atomic E-state index is 0.0871. The number of ether oxygens (including phenoxy) is 1. The molecule has 0 bridgehead atoms. The highest BCUT2D eigenvalue weighted by Crippen LogP contribution is 2.15. The van der Waals surface area contributed by atoms with Crippen LogP contribution >= 0.6 is 0 Å². The van der Waals surface area contributed by atoms with E-state index in [-0.39, 0.29) is 23.9 Å². The first-order chi connectivity index (χ1) is 11.6. The van der Waals surface area contributed by atoms with Gasteiger partial charge in [-0.3, -0.25) is 0 Å². The highest BCUT2D eigenvalue weighted by Gasteiger charge is 2.27. The molecule has 24 heavy (non-hydrogen) atoms. The number of hydrogen-bond donors (Lipinski definition) is 2. The van der Waals surface area contributed by atoms with Crippen LogP contribution in [0, 0.1) is 0 Å². The van der Waals surface area contributed by atoms with Gasteiger partial charge in [-0.15, -0.1) is 5.10 Å². The maximum absolute atomic E-state index is 12.2. The van der Waals surface area contributed by atoms with E-state index in [0.29, 0.717) is 12.2 Å². The number of anilines is 1. The molecule has 10 nitrogen and oxygen atoms in total. The zero-order valence-corrected chi connectivity index (χ0v) is 14.3. The third-order valence-electron chi connectivity index (χ3n) is 3.55. The lowest BCUT2D eigenvalue weighted by Crippen LogP contribution is -3.10. The molecule has 0 atom stereocenters. The topological polar surface area (TPSA) is 126 Å². The number of quaternary nitrogens is 1. The van der Waals surface area contributed by atoms with Gasteiger partial charge in [0.05, 0.1) is 19.7 Å². The van der Waals surface area contributed by atoms with E-state index in [1.165, 1.54) is 9.58 Å². The monoisotopic (exact) mass is 338 g/mol. The molecular formula is C14H24N7O3+. The van der Waals surface area contributed by atoms with Crippen molar-refractivity contribution in [3.63, 3.8) is 0 Å². The van der Waals surface area contributed by atoms with Crippen molar-refractivity contribution >= 4 is 11.8 Å². The molecule has 0 aliphatic heterocycles. The Morgan fingerprint density at radius 2 is 1.96 bits per heavy atom. The number of aromatic nitrogens is 5. The molecule has 0 saturated carbocycles. The van der Waals surface area contributed by atoms with Crippen LogP contribution in [0.5, 0.6) is 0 Å². The van der Waals surface area contributed by atoms with Crippen molar-refractivity contribution in [1.82, 2.24) is 25.3 Å². The number of nitrogens with zero attached hydrogens (tertiary/aromatic N) is 5. The van der Waals surface area contributed by atoms with Gasteiger partial charge in [0.1, 0.15) is 12.2 Å². The van der Waals surface area contributed by atoms with E-state index >= 15 is 0 Å². The summed E-state index contributed by atoms with van der Waals surface area (Å²) in [6.07, 6.45) is 2.05. The molecule has 132 valence electrons. The summed E-state index contributed by atoms with van der Waals surface area (Å²) >= 11 is 0. The second-order valence-electron chi connectivity index (χ2n) is 5.42. The Morgan fingerprint density at radius 3 is 2.50 bits per heavy atom. The van der Waals surface area contributed by atoms with Gasteiger partial charge in [-0.05, 0) is 30.1 Å². The molecule has 2 aromatic heterocycles. The van der Waals surface area contributed by atoms with Crippen LogP contribution < -0.4 is 10.6 Å². The summed E-state index contributed by atoms with van der Waals surface area (Å²) < 4.78 is 11.1. The first-order valence-electron chi connectivity index (χ1n) is 8.15. The van der Waals surface area contributed by atoms with Gasteiger partial charge in [0.2, 0.25) is 11.6 Å². The number of rotatable bonds is 9. The maximum atomic E-state index is 12.2. The van der Waals surface area contributed by atoms with Crippen molar-refractivity contribution in [3.8, 4) is 5.82 Å². The molecule has 2 heterocycles. The predicted molar refractivity (Wildman–Crippen MR) is 84.6 cm³/mol. The zero-order valence-electron chi connectivity index (χ0n) is 14.3. The molecule has 0 unspecified atom stereocenters. The van der Waals surface area contributed by atoms with Crippen molar-refractivity contribution < 1.29 is 19.1 Å². The molecule has 2 rings (SSSR count). The molecule has 0 saturated heterocycles. The molecule has 0 aromatic carbocycles. The summed E-state index contributed by atoms with van der Waals surface area (Å²) in [7, 11) is 0. The van der Waals surface area contributed by atoms with Crippen molar-refractivity contribution in [2.24, 2.45) is 0 Å². The van der Waals surface area contributed by atoms with Crippen molar-refractivity contribution in [3.05, 3.63) is 11.4 Å². The quantitative estimate of drug-likeness (QED) is 0.592. The van der Waals surface area contributed by atoms with Crippen molar-refractivity contribution in [2.75, 3.05) is 25.4 Å². The number of nitrogens with two attached hydrogens (primary N) is 1. The Bertz CT molecular complexity index is 661. The highest BCUT2D eigenvalue weighted by atomic mass is 16.6. The summed E-state index contributed by atoms with van der Waals surface area (Å²) in [5, 5.41) is 15.3. The Balaban J connectivity index is 2.41. The fourth-order valence-corrected chi connectivity index (χ4v) is 2.57. The lowest BCUT2D eigenvalue weighted by Gasteiger charge is -2.18. The number of carbonyl (C=O) groups is 1. The molecule has 0 aliphatic carbocycles. The minimum atomic E-state index is -0.513. The standard InChI is InChI=1S/C14H23N7O3/c1-4-7-20(8-5-2)9-10-11(14(22)23-6-3)16-19-21(10)13-12(15)17-24-18-13/h4-9H2,1-3H3,(H2,15,17)/p+1. The van der Waals surface area contributed by atoms with E-state index in [0.717, 1.165) is 25.9 Å². The van der Waals surface area contributed by atoms with E-state index in [2.05, 4.69) is 39.1 Å². The Hall–Kier alpha value is -2.49. The largest absolute Gasteiger partial charge is 0.461 e. The molecule has 0 amide bonds. The third kappa shape index (κ3) is 3.88. The molecular weight excluding hydrogens is 314 g/mol. The maximum Gasteiger partial charge on any atom is 0.361 e. The minimum Gasteiger partial charge on any atom is -0.461 e. The summed E-state index contributed by atoms with van der Waals surface area (Å²) in [4.78, 5) is 13.5. The smallest absolute Gasteiger partial charge is 0.361 e. The fourth-order valence-electron chi connectivity index (χ4n) is 2.57. The van der Waals surface area contributed by atoms with E-state index in [1.54, 1.807) is 6.92 Å². The van der Waals surface area contributed by atoms with Crippen LogP contribution in [0.2, 0.25) is 0 Å². The van der Waals surface area contributed by atoms with Gasteiger partial charge in [-0.25, -0.2) is 9.42 Å². The molecule has 0 spiro atoms. The van der Waals surface area contributed by atoms with Crippen LogP contribution in [0.3, 0.4) is 0 Å². The molecule has 0 fully saturated rings. The Morgan fingerprint density at radius 1 is 1.25 bits per heavy atom. The average molecular weight is 338 g/mol. The van der Waals surface area contributed by atoms with Crippen LogP contribution in [-0.4, -0.2) is 51.0 Å². The second kappa shape index (κ2) is 8.39. The third-order valence-corrected chi connectivity index (χ3v) is 3.55. The van der Waals surface area contributed by atoms with Crippen molar-refractivity contribution in [2.45, 2.75) is 40.2 Å². The number of carbonyl (C=O) groups excluding carboxylic acids is 1. The second-order valence-corrected chi connectivity index (χ2v) is 5.42. The Labute approximate surface area is 139 Å². The summed E-state index contributed by atoms with van der Waals surface area (Å²) in [5.41, 5.74) is 6.52. The first kappa shape index (κ1) is 17.9. The lowest BCUT2D eigenvalue weighted by atomic mass is 10.2. The van der Waals surface area contributed by atoms with Gasteiger partial charge < -0.3 is 15.4 Å². The number of esters is 1. The van der Waals surface area contributed by atoms with Crippen LogP contribution in [0.25, 0.3) is 5.82 Å². The fraction of sp³-hybridized carbons (Fsp3) is 0.643. The summed E-state index contributed by atoms with van der Waals surface area (Å²) in [6.45, 7) is 8.73. The van der Waals surface area contributed by atoms with Gasteiger partial charge in [-0.1, -0.05) is 19.1 Å². The van der Waals surface area contributed by atoms with E-state index in [4.69, 9.17) is 10.5 Å². The van der Waals surface area contributed by atoms with Gasteiger partial charge in [-0.2, -0.15) is 4.68 Å². The van der Waals surface area contributed by atoms with Crippen molar-refractivity contribution in [1.29, 1.82) is 0 Å². The van der Waals surface area contributed by atoms with Gasteiger partial charge in [0.25, 0.3) is 0 Å². The predicted octanol–water partition coefficient (Wildman–Crippen LogP) is -0.386. The summed E-state index contributed by atoms with van der Waals surface area (Å²) in [6, 6.07) is 0. The summed E-state index contributed by atoms with van der Waals surface area (Å²) in [5.74, 6) is -0.203. The van der Waals surface area contributed by atoms with E-state index in [9.17, 15) is 4.79 Å². The molecule has 2 aromatic rings. The van der Waals surface area contributed by atoms with Crippen LogP contribution in [0.4, 0.5) is 5.82 Å². The SMILES string of the molecule is CCC[NH+](CCC)Cc1c(C(=O)OCC)nnn1-c1nonc1N. The molecule has 3 N–H and O–H groups in total. The first-order valence-corrected chi connectivity index (χ1v) is 8.15. The number of nitrogen functional groups attached to an aromatic ring is 1. The Kier molecular flexibility index (Phi) is 6.24. The highest BCUT2D eigenvalue weighted by molar-refractivity contribution is 5.88. The molecule has 0 aliphatic rings. The molecule has 10 heteroatoms. The van der Waals surface area contributed by atoms with Gasteiger partial charge in [0.15, 0.2) is 5.69 Å². The number of hydrogen-bond acceptors (Lipinski definition) is 8. The van der Waals surface area contributed by atoms with E-state index < -0.39 is 5.97 Å². The van der Waals surface area contributed by atoms with Crippen LogP contribution in [0.15, 0.2) is 4.63 Å². The van der Waals surface area contributed by atoms with Crippen LogP contribution in [0.1, 0.15) is 49.8 Å². The normalized spacial score (nSPS) is 11.2. The lowest BCUT2D eigenvalue weighted by molar-refractivity contribution is -0.914.